The summed E-state index contributed by atoms with van der Waals surface area (Å²) < 4.78 is 10.3. The van der Waals surface area contributed by atoms with Crippen LogP contribution in [0.4, 0.5) is 0 Å². The lowest BCUT2D eigenvalue weighted by Gasteiger charge is -2.10. The minimum absolute atomic E-state index is 0.189. The normalized spacial score (nSPS) is 12.9. The largest absolute Gasteiger partial charge is 0.466 e. The Hall–Kier alpha value is -1.55. The van der Waals surface area contributed by atoms with Crippen LogP contribution >= 0.6 is 0 Å². The minimum Gasteiger partial charge on any atom is -0.466 e. The van der Waals surface area contributed by atoms with Crippen molar-refractivity contribution in [3.63, 3.8) is 0 Å². The van der Waals surface area contributed by atoms with Crippen LogP contribution in [0.3, 0.4) is 0 Å². The number of hydrogen-bond donors (Lipinski definition) is 1. The zero-order valence-corrected chi connectivity index (χ0v) is 11.4. The van der Waals surface area contributed by atoms with Crippen LogP contribution in [0.15, 0.2) is 22.6 Å². The number of furan rings is 1. The second kappa shape index (κ2) is 7.01. The third kappa shape index (κ3) is 4.37. The van der Waals surface area contributed by atoms with Crippen LogP contribution in [0, 0.1) is 13.8 Å². The predicted octanol–water partition coefficient (Wildman–Crippen LogP) is 2.67. The zero-order chi connectivity index (χ0) is 13.5. The Morgan fingerprint density at radius 3 is 2.83 bits per heavy atom. The molecule has 1 aromatic heterocycles. The van der Waals surface area contributed by atoms with Gasteiger partial charge in [0, 0.05) is 24.2 Å². The van der Waals surface area contributed by atoms with Crippen molar-refractivity contribution in [1.82, 2.24) is 5.32 Å². The molecule has 1 aromatic rings. The first-order chi connectivity index (χ1) is 8.54. The summed E-state index contributed by atoms with van der Waals surface area (Å²) in [6, 6.07) is 2.22. The van der Waals surface area contributed by atoms with E-state index < -0.39 is 0 Å². The highest BCUT2D eigenvalue weighted by atomic mass is 16.5. The molecule has 0 bridgehead atoms. The third-order valence-electron chi connectivity index (χ3n) is 2.63. The summed E-state index contributed by atoms with van der Waals surface area (Å²) >= 11 is 0. The lowest BCUT2D eigenvalue weighted by molar-refractivity contribution is -0.137. The van der Waals surface area contributed by atoms with Crippen molar-refractivity contribution in [3.05, 3.63) is 35.3 Å². The quantitative estimate of drug-likeness (QED) is 0.624. The summed E-state index contributed by atoms with van der Waals surface area (Å²) in [5, 5.41) is 3.30. The van der Waals surface area contributed by atoms with Crippen LogP contribution in [0.2, 0.25) is 0 Å². The Morgan fingerprint density at radius 1 is 1.56 bits per heavy atom. The van der Waals surface area contributed by atoms with Gasteiger partial charge in [-0.25, -0.2) is 4.79 Å². The molecule has 1 unspecified atom stereocenters. The Balaban J connectivity index is 2.40. The number of rotatable bonds is 6. The van der Waals surface area contributed by atoms with Crippen molar-refractivity contribution in [2.24, 2.45) is 0 Å². The van der Waals surface area contributed by atoms with Gasteiger partial charge in [-0.2, -0.15) is 0 Å². The molecule has 1 atom stereocenters. The number of ether oxygens (including phenoxy) is 1. The van der Waals surface area contributed by atoms with Crippen LogP contribution < -0.4 is 5.32 Å². The van der Waals surface area contributed by atoms with Gasteiger partial charge in [0.2, 0.25) is 0 Å². The molecular formula is C14H21NO3. The van der Waals surface area contributed by atoms with Crippen molar-refractivity contribution >= 4 is 5.97 Å². The molecule has 4 heteroatoms. The molecule has 0 aromatic carbocycles. The Morgan fingerprint density at radius 2 is 2.28 bits per heavy atom. The average Bonchev–Trinajstić information content (AvgIpc) is 2.64. The Kier molecular flexibility index (Phi) is 5.65. The molecular weight excluding hydrogens is 230 g/mol. The highest BCUT2D eigenvalue weighted by molar-refractivity contribution is 5.81. The topological polar surface area (TPSA) is 51.5 Å². The maximum absolute atomic E-state index is 11.1. The Labute approximate surface area is 108 Å². The van der Waals surface area contributed by atoms with E-state index in [-0.39, 0.29) is 12.0 Å². The summed E-state index contributed by atoms with van der Waals surface area (Å²) in [5.74, 6) is 1.54. The van der Waals surface area contributed by atoms with Crippen molar-refractivity contribution in [1.29, 1.82) is 0 Å². The van der Waals surface area contributed by atoms with Crippen LogP contribution in [0.5, 0.6) is 0 Å². The van der Waals surface area contributed by atoms with Crippen molar-refractivity contribution in [2.45, 2.75) is 33.7 Å². The van der Waals surface area contributed by atoms with E-state index in [1.165, 1.54) is 6.08 Å². The molecule has 0 amide bonds. The molecule has 4 nitrogen and oxygen atoms in total. The number of carbonyl (C=O) groups is 1. The third-order valence-corrected chi connectivity index (χ3v) is 2.63. The first-order valence-corrected chi connectivity index (χ1v) is 6.18. The van der Waals surface area contributed by atoms with Crippen molar-refractivity contribution < 1.29 is 13.9 Å². The van der Waals surface area contributed by atoms with E-state index in [9.17, 15) is 4.79 Å². The number of nitrogens with one attached hydrogen (secondary N) is 1. The number of carbonyl (C=O) groups excluding carboxylic acids is 1. The van der Waals surface area contributed by atoms with E-state index in [0.717, 1.165) is 17.1 Å². The monoisotopic (exact) mass is 251 g/mol. The maximum Gasteiger partial charge on any atom is 0.330 e. The number of esters is 1. The van der Waals surface area contributed by atoms with Gasteiger partial charge in [-0.15, -0.1) is 0 Å². The fraction of sp³-hybridized carbons (Fsp3) is 0.500. The van der Waals surface area contributed by atoms with Crippen LogP contribution in [-0.2, 0) is 9.53 Å². The van der Waals surface area contributed by atoms with E-state index in [2.05, 4.69) is 12.2 Å². The summed E-state index contributed by atoms with van der Waals surface area (Å²) in [6.45, 7) is 8.76. The molecule has 18 heavy (non-hydrogen) atoms. The van der Waals surface area contributed by atoms with Gasteiger partial charge >= 0.3 is 5.97 Å². The molecule has 0 aliphatic heterocycles. The van der Waals surface area contributed by atoms with E-state index in [4.69, 9.17) is 9.15 Å². The first-order valence-electron chi connectivity index (χ1n) is 6.18. The van der Waals surface area contributed by atoms with Gasteiger partial charge < -0.3 is 14.5 Å². The molecule has 1 rings (SSSR count). The van der Waals surface area contributed by atoms with Crippen LogP contribution in [0.1, 0.15) is 37.0 Å². The van der Waals surface area contributed by atoms with Gasteiger partial charge in [0.25, 0.3) is 0 Å². The molecule has 0 aliphatic rings. The second-order valence-electron chi connectivity index (χ2n) is 4.15. The minimum atomic E-state index is -0.303. The summed E-state index contributed by atoms with van der Waals surface area (Å²) in [5.41, 5.74) is 1.15. The van der Waals surface area contributed by atoms with Crippen LogP contribution in [0.25, 0.3) is 0 Å². The van der Waals surface area contributed by atoms with Gasteiger partial charge in [0.1, 0.15) is 11.5 Å². The predicted molar refractivity (Wildman–Crippen MR) is 70.4 cm³/mol. The molecule has 100 valence electrons. The van der Waals surface area contributed by atoms with E-state index >= 15 is 0 Å². The van der Waals surface area contributed by atoms with Gasteiger partial charge in [-0.05, 0) is 33.8 Å². The van der Waals surface area contributed by atoms with Crippen molar-refractivity contribution in [3.8, 4) is 0 Å². The molecule has 0 spiro atoms. The first kappa shape index (κ1) is 14.5. The lowest BCUT2D eigenvalue weighted by atomic mass is 10.1. The average molecular weight is 251 g/mol. The van der Waals surface area contributed by atoms with E-state index in [1.54, 1.807) is 13.0 Å². The van der Waals surface area contributed by atoms with Gasteiger partial charge in [-0.3, -0.25) is 0 Å². The fourth-order valence-electron chi connectivity index (χ4n) is 1.78. The number of aryl methyl sites for hydroxylation is 2. The second-order valence-corrected chi connectivity index (χ2v) is 4.15. The maximum atomic E-state index is 11.1. The van der Waals surface area contributed by atoms with Gasteiger partial charge in [-0.1, -0.05) is 6.08 Å². The zero-order valence-electron chi connectivity index (χ0n) is 11.4. The molecule has 1 N–H and O–H groups in total. The SMILES string of the molecule is CCOC(=O)/C=C/CNC(C)c1cc(C)oc1C. The highest BCUT2D eigenvalue weighted by Gasteiger charge is 2.11. The van der Waals surface area contributed by atoms with Gasteiger partial charge in [0.15, 0.2) is 0 Å². The molecule has 0 radical (unpaired) electrons. The smallest absolute Gasteiger partial charge is 0.330 e. The molecule has 0 aliphatic carbocycles. The highest BCUT2D eigenvalue weighted by Crippen LogP contribution is 2.20. The van der Waals surface area contributed by atoms with Crippen molar-refractivity contribution in [2.75, 3.05) is 13.2 Å². The summed E-state index contributed by atoms with van der Waals surface area (Å²) in [4.78, 5) is 11.1. The standard InChI is InChI=1S/C14H21NO3/c1-5-17-14(16)7-6-8-15-11(3)13-9-10(2)18-12(13)4/h6-7,9,11,15H,5,8H2,1-4H3/b7-6+. The van der Waals surface area contributed by atoms with Gasteiger partial charge in [0.05, 0.1) is 6.61 Å². The lowest BCUT2D eigenvalue weighted by Crippen LogP contribution is -2.19. The van der Waals surface area contributed by atoms with Crippen LogP contribution in [-0.4, -0.2) is 19.1 Å². The molecule has 0 saturated carbocycles. The Bertz CT molecular complexity index is 421. The summed E-state index contributed by atoms with van der Waals surface area (Å²) in [6.07, 6.45) is 3.20. The molecule has 0 saturated heterocycles. The molecule has 1 heterocycles. The van der Waals surface area contributed by atoms with E-state index in [0.29, 0.717) is 13.2 Å². The fourth-order valence-corrected chi connectivity index (χ4v) is 1.78. The molecule has 0 fully saturated rings. The van der Waals surface area contributed by atoms with E-state index in [1.807, 2.05) is 19.9 Å². The number of hydrogen-bond acceptors (Lipinski definition) is 4. The summed E-state index contributed by atoms with van der Waals surface area (Å²) in [7, 11) is 0.